The fourth-order valence-corrected chi connectivity index (χ4v) is 3.67. The summed E-state index contributed by atoms with van der Waals surface area (Å²) in [5, 5.41) is 0. The van der Waals surface area contributed by atoms with Gasteiger partial charge >= 0.3 is 5.97 Å². The maximum atomic E-state index is 12.8. The molecule has 0 aromatic heterocycles. The maximum absolute atomic E-state index is 12.8. The fraction of sp³-hybridized carbons (Fsp3) is 0.296. The van der Waals surface area contributed by atoms with Gasteiger partial charge < -0.3 is 18.9 Å². The lowest BCUT2D eigenvalue weighted by Crippen LogP contribution is -2.49. The van der Waals surface area contributed by atoms with Crippen molar-refractivity contribution in [3.05, 3.63) is 108 Å². The Hall–Kier alpha value is -2.99. The van der Waals surface area contributed by atoms with Crippen LogP contribution in [0.1, 0.15) is 23.1 Å². The van der Waals surface area contributed by atoms with E-state index in [0.29, 0.717) is 32.8 Å². The van der Waals surface area contributed by atoms with Crippen LogP contribution in [0.15, 0.2) is 91.0 Å². The zero-order valence-electron chi connectivity index (χ0n) is 18.0. The Morgan fingerprint density at radius 3 is 1.75 bits per heavy atom. The minimum absolute atomic E-state index is 0.317. The predicted octanol–water partition coefficient (Wildman–Crippen LogP) is 4.69. The molecule has 1 aliphatic heterocycles. The van der Waals surface area contributed by atoms with Gasteiger partial charge in [0, 0.05) is 6.42 Å². The van der Waals surface area contributed by atoms with Crippen molar-refractivity contribution in [1.82, 2.24) is 0 Å². The lowest BCUT2D eigenvalue weighted by atomic mass is 10.0. The van der Waals surface area contributed by atoms with Crippen molar-refractivity contribution >= 4 is 5.97 Å². The molecule has 0 unspecified atom stereocenters. The molecule has 0 N–H and O–H groups in total. The molecule has 32 heavy (non-hydrogen) atoms. The number of carbonyl (C=O) groups excluding carboxylic acids is 1. The molecule has 1 aliphatic rings. The van der Waals surface area contributed by atoms with Gasteiger partial charge in [-0.2, -0.15) is 0 Å². The first-order valence-electron chi connectivity index (χ1n) is 10.9. The SMILES string of the molecule is O=C1O[C@H](COCc2ccccc2)C[C@H](OCc2ccccc2)[C@@H]1OCc1ccccc1. The smallest absolute Gasteiger partial charge is 0.338 e. The number of hydrogen-bond acceptors (Lipinski definition) is 5. The second-order valence-electron chi connectivity index (χ2n) is 7.85. The Labute approximate surface area is 188 Å². The third-order valence-corrected chi connectivity index (χ3v) is 5.34. The monoisotopic (exact) mass is 432 g/mol. The molecule has 0 aliphatic carbocycles. The molecule has 0 radical (unpaired) electrons. The summed E-state index contributed by atoms with van der Waals surface area (Å²) >= 11 is 0. The Kier molecular flexibility index (Phi) is 8.04. The summed E-state index contributed by atoms with van der Waals surface area (Å²) in [6, 6.07) is 29.6. The molecule has 5 heteroatoms. The van der Waals surface area contributed by atoms with Crippen molar-refractivity contribution in [2.24, 2.45) is 0 Å². The van der Waals surface area contributed by atoms with E-state index in [0.717, 1.165) is 16.7 Å². The van der Waals surface area contributed by atoms with Crippen LogP contribution in [-0.2, 0) is 43.6 Å². The van der Waals surface area contributed by atoms with E-state index in [-0.39, 0.29) is 6.10 Å². The first kappa shape index (κ1) is 22.2. The van der Waals surface area contributed by atoms with Crippen LogP contribution < -0.4 is 0 Å². The molecular formula is C27H28O5. The van der Waals surface area contributed by atoms with Crippen LogP contribution in [-0.4, -0.2) is 30.9 Å². The predicted molar refractivity (Wildman–Crippen MR) is 121 cm³/mol. The molecule has 4 rings (SSSR count). The highest BCUT2D eigenvalue weighted by atomic mass is 16.6. The van der Waals surface area contributed by atoms with Crippen LogP contribution in [0, 0.1) is 0 Å². The molecular weight excluding hydrogens is 404 g/mol. The lowest BCUT2D eigenvalue weighted by Gasteiger charge is -2.34. The van der Waals surface area contributed by atoms with Gasteiger partial charge in [0.15, 0.2) is 6.10 Å². The van der Waals surface area contributed by atoms with Crippen LogP contribution in [0.25, 0.3) is 0 Å². The zero-order valence-corrected chi connectivity index (χ0v) is 18.0. The van der Waals surface area contributed by atoms with Crippen molar-refractivity contribution in [3.63, 3.8) is 0 Å². The Morgan fingerprint density at radius 2 is 1.19 bits per heavy atom. The summed E-state index contributed by atoms with van der Waals surface area (Å²) in [7, 11) is 0. The van der Waals surface area contributed by atoms with Crippen LogP contribution in [0.4, 0.5) is 0 Å². The van der Waals surface area contributed by atoms with Gasteiger partial charge in [0.25, 0.3) is 0 Å². The molecule has 0 saturated carbocycles. The normalized spacial score (nSPS) is 20.6. The molecule has 1 saturated heterocycles. The number of hydrogen-bond donors (Lipinski definition) is 0. The van der Waals surface area contributed by atoms with Gasteiger partial charge in [-0.1, -0.05) is 91.0 Å². The topological polar surface area (TPSA) is 54.0 Å². The largest absolute Gasteiger partial charge is 0.458 e. The second-order valence-corrected chi connectivity index (χ2v) is 7.85. The quantitative estimate of drug-likeness (QED) is 0.435. The number of rotatable bonds is 10. The third-order valence-electron chi connectivity index (χ3n) is 5.34. The third kappa shape index (κ3) is 6.50. The minimum Gasteiger partial charge on any atom is -0.458 e. The van der Waals surface area contributed by atoms with Crippen LogP contribution in [0.5, 0.6) is 0 Å². The van der Waals surface area contributed by atoms with E-state index in [1.807, 2.05) is 91.0 Å². The summed E-state index contributed by atoms with van der Waals surface area (Å²) in [4.78, 5) is 12.8. The van der Waals surface area contributed by atoms with Gasteiger partial charge in [0.05, 0.1) is 32.5 Å². The van der Waals surface area contributed by atoms with Crippen molar-refractivity contribution < 1.29 is 23.7 Å². The average molecular weight is 433 g/mol. The first-order chi connectivity index (χ1) is 15.8. The Balaban J connectivity index is 1.36. The van der Waals surface area contributed by atoms with Gasteiger partial charge in [-0.3, -0.25) is 0 Å². The molecule has 166 valence electrons. The summed E-state index contributed by atoms with van der Waals surface area (Å²) in [5.41, 5.74) is 3.12. The Bertz CT molecular complexity index is 946. The molecule has 0 amide bonds. The van der Waals surface area contributed by atoms with E-state index in [2.05, 4.69) is 0 Å². The highest BCUT2D eigenvalue weighted by Gasteiger charge is 2.40. The highest BCUT2D eigenvalue weighted by Crippen LogP contribution is 2.24. The minimum atomic E-state index is -0.774. The van der Waals surface area contributed by atoms with Gasteiger partial charge in [-0.25, -0.2) is 4.79 Å². The molecule has 1 heterocycles. The summed E-state index contributed by atoms with van der Waals surface area (Å²) in [6.45, 7) is 1.51. The summed E-state index contributed by atoms with van der Waals surface area (Å²) in [5.74, 6) is -0.404. The molecule has 1 fully saturated rings. The molecule has 3 atom stereocenters. The number of cyclic esters (lactones) is 1. The van der Waals surface area contributed by atoms with Gasteiger partial charge in [0.1, 0.15) is 6.10 Å². The highest BCUT2D eigenvalue weighted by molar-refractivity contribution is 5.76. The van der Waals surface area contributed by atoms with Crippen molar-refractivity contribution in [2.75, 3.05) is 6.61 Å². The van der Waals surface area contributed by atoms with E-state index in [9.17, 15) is 4.79 Å². The molecule has 3 aromatic rings. The second kappa shape index (κ2) is 11.6. The first-order valence-corrected chi connectivity index (χ1v) is 10.9. The van der Waals surface area contributed by atoms with Crippen molar-refractivity contribution in [3.8, 4) is 0 Å². The molecule has 5 nitrogen and oxygen atoms in total. The van der Waals surface area contributed by atoms with Crippen molar-refractivity contribution in [1.29, 1.82) is 0 Å². The Morgan fingerprint density at radius 1 is 0.688 bits per heavy atom. The number of carbonyl (C=O) groups is 1. The number of ether oxygens (including phenoxy) is 4. The molecule has 3 aromatic carbocycles. The maximum Gasteiger partial charge on any atom is 0.338 e. The average Bonchev–Trinajstić information content (AvgIpc) is 2.84. The number of esters is 1. The fourth-order valence-electron chi connectivity index (χ4n) is 3.67. The van der Waals surface area contributed by atoms with Gasteiger partial charge in [-0.05, 0) is 16.7 Å². The van der Waals surface area contributed by atoms with E-state index in [1.54, 1.807) is 0 Å². The van der Waals surface area contributed by atoms with Crippen LogP contribution in [0.3, 0.4) is 0 Å². The van der Waals surface area contributed by atoms with E-state index in [4.69, 9.17) is 18.9 Å². The standard InChI is InChI=1S/C27H28O5/c28-27-26(31-19-23-14-8-3-9-15-23)25(30-18-22-12-6-2-7-13-22)16-24(32-27)20-29-17-21-10-4-1-5-11-21/h1-15,24-26H,16-20H2/t24-,25-,26-/m0/s1. The molecule has 0 bridgehead atoms. The number of benzene rings is 3. The van der Waals surface area contributed by atoms with Crippen LogP contribution >= 0.6 is 0 Å². The summed E-state index contributed by atoms with van der Waals surface area (Å²) < 4.78 is 23.6. The molecule has 0 spiro atoms. The summed E-state index contributed by atoms with van der Waals surface area (Å²) in [6.07, 6.45) is -1.04. The van der Waals surface area contributed by atoms with Crippen LogP contribution in [0.2, 0.25) is 0 Å². The van der Waals surface area contributed by atoms with Gasteiger partial charge in [-0.15, -0.1) is 0 Å². The lowest BCUT2D eigenvalue weighted by molar-refractivity contribution is -0.199. The van der Waals surface area contributed by atoms with E-state index < -0.39 is 18.2 Å². The van der Waals surface area contributed by atoms with Gasteiger partial charge in [0.2, 0.25) is 0 Å². The van der Waals surface area contributed by atoms with Crippen molar-refractivity contribution in [2.45, 2.75) is 44.6 Å². The van der Waals surface area contributed by atoms with E-state index >= 15 is 0 Å². The van der Waals surface area contributed by atoms with E-state index in [1.165, 1.54) is 0 Å². The zero-order chi connectivity index (χ0) is 22.0.